The molecule has 7 aromatic carbocycles. The molecule has 2 heterocycles. The molecule has 0 saturated heterocycles. The third-order valence-electron chi connectivity index (χ3n) is 11.4. The van der Waals surface area contributed by atoms with Crippen molar-refractivity contribution < 1.29 is 0 Å². The molecule has 9 aromatic rings. The van der Waals surface area contributed by atoms with Crippen LogP contribution in [0.25, 0.3) is 60.4 Å². The van der Waals surface area contributed by atoms with Crippen LogP contribution in [0.4, 0.5) is 11.4 Å². The van der Waals surface area contributed by atoms with Crippen molar-refractivity contribution in [2.24, 2.45) is 0 Å². The van der Waals surface area contributed by atoms with Gasteiger partial charge in [-0.2, -0.15) is 0 Å². The van der Waals surface area contributed by atoms with Crippen LogP contribution in [0.2, 0.25) is 0 Å². The van der Waals surface area contributed by atoms with E-state index >= 15 is 0 Å². The molecule has 1 aliphatic carbocycles. The summed E-state index contributed by atoms with van der Waals surface area (Å²) in [6, 6.07) is 61.1. The van der Waals surface area contributed by atoms with E-state index in [2.05, 4.69) is 214 Å². The Kier molecular flexibility index (Phi) is 9.05. The first-order valence-corrected chi connectivity index (χ1v) is 19.9. The summed E-state index contributed by atoms with van der Waals surface area (Å²) < 4.78 is 4.71. The highest BCUT2D eigenvalue weighted by Crippen LogP contribution is 2.41. The van der Waals surface area contributed by atoms with Crippen molar-refractivity contribution in [2.75, 3.05) is 11.4 Å². The minimum absolute atomic E-state index is 0.157. The predicted octanol–water partition coefficient (Wildman–Crippen LogP) is 12.6. The highest BCUT2D eigenvalue weighted by molar-refractivity contribution is 6.16. The molecule has 2 unspecified atom stereocenters. The van der Waals surface area contributed by atoms with E-state index in [0.717, 1.165) is 34.5 Å². The fourth-order valence-corrected chi connectivity index (χ4v) is 8.96. The maximum absolute atomic E-state index is 8.62. The van der Waals surface area contributed by atoms with Crippen LogP contribution in [0.5, 0.6) is 0 Å². The van der Waals surface area contributed by atoms with Crippen LogP contribution in [-0.4, -0.2) is 27.9 Å². The summed E-state index contributed by atoms with van der Waals surface area (Å²) in [6.07, 6.45) is 11.4. The highest BCUT2D eigenvalue weighted by Gasteiger charge is 2.23. The monoisotopic (exact) mass is 737 g/mol. The highest BCUT2D eigenvalue weighted by atomic mass is 15.2. The standard InChI is InChI=1S/C52H43N5/c53-34-43(57-48-27-13-10-23-45(48)46-24-11-14-28-49(46)57)36-54-35-37-31-38(33-42(32-37)55(39-17-4-1-5-18-39)40-19-6-2-7-20-40)44-26-16-30-51-52(44)47-25-12-15-29-50(47)56(51)41-21-8-3-9-22-41/h1-19,21-34,40,43,53-54H,20,35-36H2. The molecular weight excluding hydrogens is 695 g/mol. The Morgan fingerprint density at radius 2 is 1.28 bits per heavy atom. The van der Waals surface area contributed by atoms with E-state index in [1.54, 1.807) is 6.21 Å². The number of benzene rings is 7. The van der Waals surface area contributed by atoms with Gasteiger partial charge < -0.3 is 24.8 Å². The number of hydrogen-bond acceptors (Lipinski definition) is 3. The van der Waals surface area contributed by atoms with Gasteiger partial charge in [0.15, 0.2) is 0 Å². The van der Waals surface area contributed by atoms with Crippen molar-refractivity contribution in [2.45, 2.75) is 25.0 Å². The normalized spacial score (nSPS) is 14.5. The van der Waals surface area contributed by atoms with Gasteiger partial charge in [0.2, 0.25) is 0 Å². The number of fused-ring (bicyclic) bond motifs is 6. The minimum Gasteiger partial charge on any atom is -0.334 e. The van der Waals surface area contributed by atoms with Crippen LogP contribution < -0.4 is 10.2 Å². The molecule has 10 rings (SSSR count). The van der Waals surface area contributed by atoms with Crippen molar-refractivity contribution in [1.29, 1.82) is 5.41 Å². The van der Waals surface area contributed by atoms with Crippen molar-refractivity contribution in [3.8, 4) is 16.8 Å². The molecule has 276 valence electrons. The molecule has 2 N–H and O–H groups in total. The van der Waals surface area contributed by atoms with Gasteiger partial charge in [0.25, 0.3) is 0 Å². The molecule has 0 fully saturated rings. The fourth-order valence-electron chi connectivity index (χ4n) is 8.96. The maximum atomic E-state index is 8.62. The molecule has 5 heteroatoms. The summed E-state index contributed by atoms with van der Waals surface area (Å²) in [5.74, 6) is 0. The van der Waals surface area contributed by atoms with E-state index in [-0.39, 0.29) is 12.1 Å². The third kappa shape index (κ3) is 6.23. The molecule has 2 aromatic heterocycles. The third-order valence-corrected chi connectivity index (χ3v) is 11.4. The molecule has 0 bridgehead atoms. The number of aromatic nitrogens is 2. The molecule has 0 spiro atoms. The van der Waals surface area contributed by atoms with Crippen LogP contribution in [0.3, 0.4) is 0 Å². The Balaban J connectivity index is 1.10. The van der Waals surface area contributed by atoms with E-state index in [9.17, 15) is 0 Å². The molecule has 57 heavy (non-hydrogen) atoms. The van der Waals surface area contributed by atoms with E-state index in [1.165, 1.54) is 49.3 Å². The fraction of sp³-hybridized carbons (Fsp3) is 0.0962. The Labute approximate surface area is 332 Å². The van der Waals surface area contributed by atoms with Gasteiger partial charge in [-0.3, -0.25) is 0 Å². The van der Waals surface area contributed by atoms with Crippen LogP contribution >= 0.6 is 0 Å². The summed E-state index contributed by atoms with van der Waals surface area (Å²) in [7, 11) is 0. The number of hydrogen-bond donors (Lipinski definition) is 2. The first-order valence-electron chi connectivity index (χ1n) is 19.9. The Hall–Kier alpha value is -6.95. The molecular formula is C52H43N5. The van der Waals surface area contributed by atoms with Crippen molar-refractivity contribution in [3.63, 3.8) is 0 Å². The molecule has 5 nitrogen and oxygen atoms in total. The van der Waals surface area contributed by atoms with E-state index in [0.29, 0.717) is 13.1 Å². The zero-order chi connectivity index (χ0) is 38.1. The van der Waals surface area contributed by atoms with Crippen LogP contribution in [-0.2, 0) is 6.54 Å². The number of anilines is 2. The van der Waals surface area contributed by atoms with E-state index in [4.69, 9.17) is 5.41 Å². The van der Waals surface area contributed by atoms with Crippen LogP contribution in [0, 0.1) is 5.41 Å². The summed E-state index contributed by atoms with van der Waals surface area (Å²) >= 11 is 0. The predicted molar refractivity (Wildman–Crippen MR) is 240 cm³/mol. The zero-order valence-electron chi connectivity index (χ0n) is 31.7. The van der Waals surface area contributed by atoms with E-state index in [1.807, 2.05) is 0 Å². The van der Waals surface area contributed by atoms with Gasteiger partial charge in [0.1, 0.15) is 0 Å². The number of allylic oxidation sites excluding steroid dienone is 2. The van der Waals surface area contributed by atoms with Gasteiger partial charge in [0, 0.05) is 68.9 Å². The second-order valence-electron chi connectivity index (χ2n) is 14.9. The zero-order valence-corrected chi connectivity index (χ0v) is 31.7. The molecule has 0 saturated carbocycles. The molecule has 0 aliphatic heterocycles. The topological polar surface area (TPSA) is 49.0 Å². The van der Waals surface area contributed by atoms with Crippen LogP contribution in [0.1, 0.15) is 18.0 Å². The van der Waals surface area contributed by atoms with Crippen molar-refractivity contribution in [1.82, 2.24) is 14.5 Å². The quantitative estimate of drug-likeness (QED) is 0.130. The smallest absolute Gasteiger partial charge is 0.0811 e. The van der Waals surface area contributed by atoms with E-state index < -0.39 is 0 Å². The number of rotatable bonds is 11. The number of nitrogens with one attached hydrogen (secondary N) is 2. The summed E-state index contributed by atoms with van der Waals surface area (Å²) in [4.78, 5) is 2.48. The SMILES string of the molecule is N=CC(CNCc1cc(-c2cccc3c2c2ccccc2n3-c2ccccc2)cc(N(c2ccccc2)C2C=CC=CC2)c1)n1c2ccccc2c2ccccc21. The lowest BCUT2D eigenvalue weighted by molar-refractivity contribution is 0.585. The first kappa shape index (κ1) is 34.5. The Bertz CT molecular complexity index is 2900. The average molecular weight is 738 g/mol. The average Bonchev–Trinajstić information content (AvgIpc) is 3.80. The molecule has 1 aliphatic rings. The second-order valence-corrected chi connectivity index (χ2v) is 14.9. The summed E-state index contributed by atoms with van der Waals surface area (Å²) in [5, 5.41) is 17.3. The Morgan fingerprint density at radius 1 is 0.632 bits per heavy atom. The molecule has 2 atom stereocenters. The lowest BCUT2D eigenvalue weighted by Crippen LogP contribution is -2.30. The lowest BCUT2D eigenvalue weighted by atomic mass is 9.96. The molecule has 0 amide bonds. The summed E-state index contributed by atoms with van der Waals surface area (Å²) in [5.41, 5.74) is 11.7. The largest absolute Gasteiger partial charge is 0.334 e. The second kappa shape index (κ2) is 14.9. The maximum Gasteiger partial charge on any atom is 0.0811 e. The minimum atomic E-state index is -0.157. The van der Waals surface area contributed by atoms with Crippen LogP contribution in [0.15, 0.2) is 194 Å². The lowest BCUT2D eigenvalue weighted by Gasteiger charge is -2.33. The van der Waals surface area contributed by atoms with Gasteiger partial charge in [-0.15, -0.1) is 0 Å². The van der Waals surface area contributed by atoms with Gasteiger partial charge in [-0.1, -0.05) is 127 Å². The van der Waals surface area contributed by atoms with Crippen molar-refractivity contribution >= 4 is 61.2 Å². The van der Waals surface area contributed by atoms with Gasteiger partial charge in [-0.05, 0) is 89.8 Å². The first-order chi connectivity index (χ1) is 28.3. The molecule has 0 radical (unpaired) electrons. The summed E-state index contributed by atoms with van der Waals surface area (Å²) in [6.45, 7) is 1.26. The van der Waals surface area contributed by atoms with Crippen molar-refractivity contribution in [3.05, 3.63) is 200 Å². The Morgan fingerprint density at radius 3 is 1.98 bits per heavy atom. The number of nitrogens with zero attached hydrogens (tertiary/aromatic N) is 3. The van der Waals surface area contributed by atoms with Gasteiger partial charge >= 0.3 is 0 Å². The number of para-hydroxylation sites is 5. The van der Waals surface area contributed by atoms with Gasteiger partial charge in [-0.25, -0.2) is 0 Å². The van der Waals surface area contributed by atoms with Gasteiger partial charge in [0.05, 0.1) is 23.1 Å².